The van der Waals surface area contributed by atoms with Gasteiger partial charge in [-0.15, -0.1) is 30.4 Å². The summed E-state index contributed by atoms with van der Waals surface area (Å²) in [6.45, 7) is 4.00. The van der Waals surface area contributed by atoms with Crippen LogP contribution in [0.1, 0.15) is 18.9 Å². The van der Waals surface area contributed by atoms with Crippen molar-refractivity contribution in [2.24, 2.45) is 10.7 Å². The molecular weight excluding hydrogens is 325 g/mol. The maximum atomic E-state index is 5.75. The van der Waals surface area contributed by atoms with E-state index in [-0.39, 0.29) is 30.0 Å². The summed E-state index contributed by atoms with van der Waals surface area (Å²) in [5.41, 5.74) is 7.84. The van der Waals surface area contributed by atoms with Gasteiger partial charge in [0.25, 0.3) is 0 Å². The number of aryl methyl sites for hydroxylation is 1. The molecule has 17 heavy (non-hydrogen) atoms. The van der Waals surface area contributed by atoms with Crippen molar-refractivity contribution in [3.8, 4) is 12.3 Å². The third-order valence-electron chi connectivity index (χ3n) is 2.16. The van der Waals surface area contributed by atoms with Crippen molar-refractivity contribution < 1.29 is 0 Å². The third kappa shape index (κ3) is 5.59. The number of aliphatic imine (C=N–C) groups is 1. The van der Waals surface area contributed by atoms with Gasteiger partial charge in [-0.05, 0) is 31.0 Å². The van der Waals surface area contributed by atoms with Crippen LogP contribution in [0.3, 0.4) is 0 Å². The maximum Gasteiger partial charge on any atom is 0.194 e. The van der Waals surface area contributed by atoms with Gasteiger partial charge in [-0.1, -0.05) is 25.0 Å². The lowest BCUT2D eigenvalue weighted by molar-refractivity contribution is 0.806. The number of hydrogen-bond donors (Lipinski definition) is 2. The Bertz CT molecular complexity index is 421. The molecule has 0 aliphatic heterocycles. The number of anilines is 1. The SMILES string of the molecule is C#CC(CC)N=C(N)Nc1cccc(C)c1.I. The molecule has 0 radical (unpaired) electrons. The first-order valence-corrected chi connectivity index (χ1v) is 5.28. The number of nitrogens with one attached hydrogen (secondary N) is 1. The fourth-order valence-corrected chi connectivity index (χ4v) is 1.32. The molecule has 1 aromatic rings. The number of nitrogens with zero attached hydrogens (tertiary/aromatic N) is 1. The van der Waals surface area contributed by atoms with Crippen LogP contribution in [-0.4, -0.2) is 12.0 Å². The summed E-state index contributed by atoms with van der Waals surface area (Å²) in [5, 5.41) is 3.01. The largest absolute Gasteiger partial charge is 0.370 e. The van der Waals surface area contributed by atoms with Crippen LogP contribution in [0.4, 0.5) is 5.69 Å². The van der Waals surface area contributed by atoms with Gasteiger partial charge in [0.05, 0.1) is 0 Å². The summed E-state index contributed by atoms with van der Waals surface area (Å²) >= 11 is 0. The van der Waals surface area contributed by atoms with Crippen LogP contribution in [-0.2, 0) is 0 Å². The topological polar surface area (TPSA) is 50.4 Å². The minimum absolute atomic E-state index is 0. The summed E-state index contributed by atoms with van der Waals surface area (Å²) in [7, 11) is 0. The van der Waals surface area contributed by atoms with Crippen molar-refractivity contribution in [2.45, 2.75) is 26.3 Å². The Hall–Kier alpha value is -1.22. The Balaban J connectivity index is 0.00000256. The monoisotopic (exact) mass is 343 g/mol. The molecule has 0 heterocycles. The van der Waals surface area contributed by atoms with Gasteiger partial charge in [0, 0.05) is 5.69 Å². The zero-order chi connectivity index (χ0) is 12.0. The van der Waals surface area contributed by atoms with E-state index in [0.29, 0.717) is 5.96 Å². The molecule has 0 fully saturated rings. The average Bonchev–Trinajstić information content (AvgIpc) is 2.26. The Morgan fingerprint density at radius 3 is 2.82 bits per heavy atom. The number of rotatable bonds is 3. The molecular formula is C13H18IN3. The molecule has 1 unspecified atom stereocenters. The van der Waals surface area contributed by atoms with Crippen LogP contribution in [0.15, 0.2) is 29.3 Å². The van der Waals surface area contributed by atoms with Crippen molar-refractivity contribution in [2.75, 3.05) is 5.32 Å². The summed E-state index contributed by atoms with van der Waals surface area (Å²) in [5.74, 6) is 2.93. The second-order valence-electron chi connectivity index (χ2n) is 3.60. The van der Waals surface area contributed by atoms with E-state index in [1.54, 1.807) is 0 Å². The number of hydrogen-bond acceptors (Lipinski definition) is 1. The molecule has 4 heteroatoms. The first-order chi connectivity index (χ1) is 7.65. The standard InChI is InChI=1S/C13H17N3.HI/c1-4-11(5-2)15-13(14)16-12-8-6-7-10(3)9-12;/h1,6-9,11H,5H2,2-3H3,(H3,14,15,16);1H. The number of benzene rings is 1. The molecule has 0 aliphatic rings. The van der Waals surface area contributed by atoms with E-state index < -0.39 is 0 Å². The first-order valence-electron chi connectivity index (χ1n) is 5.28. The van der Waals surface area contributed by atoms with E-state index in [1.165, 1.54) is 5.56 Å². The molecule has 0 amide bonds. The zero-order valence-corrected chi connectivity index (χ0v) is 12.4. The fraction of sp³-hybridized carbons (Fsp3) is 0.308. The van der Waals surface area contributed by atoms with Crippen LogP contribution in [0.2, 0.25) is 0 Å². The van der Waals surface area contributed by atoms with Crippen LogP contribution in [0.5, 0.6) is 0 Å². The average molecular weight is 343 g/mol. The van der Waals surface area contributed by atoms with Gasteiger partial charge in [0.2, 0.25) is 0 Å². The third-order valence-corrected chi connectivity index (χ3v) is 2.16. The first kappa shape index (κ1) is 15.8. The normalized spacial score (nSPS) is 12.2. The van der Waals surface area contributed by atoms with E-state index in [4.69, 9.17) is 12.2 Å². The van der Waals surface area contributed by atoms with Crippen molar-refractivity contribution in [3.05, 3.63) is 29.8 Å². The maximum absolute atomic E-state index is 5.75. The van der Waals surface area contributed by atoms with Crippen LogP contribution in [0.25, 0.3) is 0 Å². The molecule has 0 aliphatic carbocycles. The Kier molecular flexibility index (Phi) is 7.39. The van der Waals surface area contributed by atoms with Crippen molar-refractivity contribution in [1.82, 2.24) is 0 Å². The highest BCUT2D eigenvalue weighted by atomic mass is 127. The van der Waals surface area contributed by atoms with Gasteiger partial charge in [0.1, 0.15) is 6.04 Å². The lowest BCUT2D eigenvalue weighted by atomic mass is 10.2. The summed E-state index contributed by atoms with van der Waals surface area (Å²) in [4.78, 5) is 4.19. The lowest BCUT2D eigenvalue weighted by Crippen LogP contribution is -2.24. The Labute approximate surface area is 120 Å². The minimum atomic E-state index is -0.155. The van der Waals surface area contributed by atoms with Gasteiger partial charge < -0.3 is 11.1 Å². The molecule has 1 rings (SSSR count). The quantitative estimate of drug-likeness (QED) is 0.384. The van der Waals surface area contributed by atoms with Crippen molar-refractivity contribution in [1.29, 1.82) is 0 Å². The van der Waals surface area contributed by atoms with Crippen LogP contribution >= 0.6 is 24.0 Å². The Morgan fingerprint density at radius 1 is 1.59 bits per heavy atom. The minimum Gasteiger partial charge on any atom is -0.370 e. The van der Waals surface area contributed by atoms with Crippen molar-refractivity contribution >= 4 is 35.6 Å². The molecule has 1 aromatic carbocycles. The summed E-state index contributed by atoms with van der Waals surface area (Å²) in [6.07, 6.45) is 6.09. The molecule has 3 N–H and O–H groups in total. The smallest absolute Gasteiger partial charge is 0.194 e. The highest BCUT2D eigenvalue weighted by Crippen LogP contribution is 2.09. The molecule has 3 nitrogen and oxygen atoms in total. The number of nitrogens with two attached hydrogens (primary N) is 1. The summed E-state index contributed by atoms with van der Waals surface area (Å²) < 4.78 is 0. The van der Waals surface area contributed by atoms with Gasteiger partial charge in [-0.2, -0.15) is 0 Å². The molecule has 0 aromatic heterocycles. The summed E-state index contributed by atoms with van der Waals surface area (Å²) in [6, 6.07) is 7.77. The molecule has 0 saturated heterocycles. The van der Waals surface area contributed by atoms with E-state index in [1.807, 2.05) is 38.1 Å². The second kappa shape index (κ2) is 7.96. The van der Waals surface area contributed by atoms with Crippen LogP contribution < -0.4 is 11.1 Å². The zero-order valence-electron chi connectivity index (χ0n) is 10.1. The van der Waals surface area contributed by atoms with Gasteiger partial charge >= 0.3 is 0 Å². The van der Waals surface area contributed by atoms with Crippen LogP contribution in [0, 0.1) is 19.3 Å². The molecule has 0 saturated carbocycles. The van der Waals surface area contributed by atoms with Gasteiger partial charge in [-0.3, -0.25) is 0 Å². The molecule has 0 bridgehead atoms. The van der Waals surface area contributed by atoms with Gasteiger partial charge in [-0.25, -0.2) is 4.99 Å². The highest BCUT2D eigenvalue weighted by Gasteiger charge is 2.00. The van der Waals surface area contributed by atoms with E-state index in [0.717, 1.165) is 12.1 Å². The lowest BCUT2D eigenvalue weighted by Gasteiger charge is -2.08. The van der Waals surface area contributed by atoms with Gasteiger partial charge in [0.15, 0.2) is 5.96 Å². The van der Waals surface area contributed by atoms with E-state index >= 15 is 0 Å². The number of halogens is 1. The molecule has 92 valence electrons. The van der Waals surface area contributed by atoms with Crippen molar-refractivity contribution in [3.63, 3.8) is 0 Å². The highest BCUT2D eigenvalue weighted by molar-refractivity contribution is 14.0. The Morgan fingerprint density at radius 2 is 2.29 bits per heavy atom. The predicted molar refractivity (Wildman–Crippen MR) is 84.8 cm³/mol. The number of terminal acetylenes is 1. The number of guanidine groups is 1. The molecule has 0 spiro atoms. The van der Waals surface area contributed by atoms with E-state index in [2.05, 4.69) is 16.2 Å². The molecule has 1 atom stereocenters. The fourth-order valence-electron chi connectivity index (χ4n) is 1.32. The van der Waals surface area contributed by atoms with E-state index in [9.17, 15) is 0 Å². The second-order valence-corrected chi connectivity index (χ2v) is 3.60. The predicted octanol–water partition coefficient (Wildman–Crippen LogP) is 2.75.